The number of benzene rings is 3. The molecule has 0 saturated carbocycles. The molecule has 160 valence electrons. The summed E-state index contributed by atoms with van der Waals surface area (Å²) in [5.41, 5.74) is 9.92. The van der Waals surface area contributed by atoms with Gasteiger partial charge in [-0.1, -0.05) is 60.7 Å². The van der Waals surface area contributed by atoms with Crippen molar-refractivity contribution in [3.63, 3.8) is 0 Å². The van der Waals surface area contributed by atoms with Crippen LogP contribution in [0.5, 0.6) is 11.5 Å². The minimum absolute atomic E-state index is 0.114. The zero-order chi connectivity index (χ0) is 21.8. The summed E-state index contributed by atoms with van der Waals surface area (Å²) in [4.78, 5) is 8.75. The second-order valence-electron chi connectivity index (χ2n) is 7.37. The van der Waals surface area contributed by atoms with E-state index in [1.54, 1.807) is 0 Å². The molecule has 0 bridgehead atoms. The molecule has 7 nitrogen and oxygen atoms in total. The lowest BCUT2D eigenvalue weighted by Gasteiger charge is -2.22. The van der Waals surface area contributed by atoms with E-state index in [2.05, 4.69) is 44.9 Å². The van der Waals surface area contributed by atoms with Crippen LogP contribution in [0, 0.1) is 0 Å². The van der Waals surface area contributed by atoms with Crippen LogP contribution in [0.1, 0.15) is 17.2 Å². The minimum atomic E-state index is -0.114. The van der Waals surface area contributed by atoms with Crippen molar-refractivity contribution in [2.45, 2.75) is 6.04 Å². The van der Waals surface area contributed by atoms with Crippen LogP contribution in [0.15, 0.2) is 85.2 Å². The Morgan fingerprint density at radius 3 is 2.06 bits per heavy atom. The first-order chi connectivity index (χ1) is 15.8. The molecule has 1 aliphatic rings. The molecule has 0 amide bonds. The number of hydrogen-bond acceptors (Lipinski definition) is 7. The Balaban J connectivity index is 1.43. The number of hydrogen-bond donors (Lipinski definition) is 3. The summed E-state index contributed by atoms with van der Waals surface area (Å²) < 4.78 is 11.3. The van der Waals surface area contributed by atoms with Crippen LogP contribution in [0.4, 0.5) is 23.0 Å². The van der Waals surface area contributed by atoms with E-state index in [1.165, 1.54) is 6.33 Å². The Morgan fingerprint density at radius 2 is 1.38 bits per heavy atom. The molecular formula is C25H23N5O2. The first kappa shape index (κ1) is 19.7. The maximum Gasteiger partial charge on any atom is 0.163 e. The highest BCUT2D eigenvalue weighted by atomic mass is 16.6. The molecule has 7 heteroatoms. The van der Waals surface area contributed by atoms with Crippen LogP contribution < -0.4 is 25.8 Å². The van der Waals surface area contributed by atoms with Crippen LogP contribution in [0.2, 0.25) is 0 Å². The molecule has 32 heavy (non-hydrogen) atoms. The first-order valence-corrected chi connectivity index (χ1v) is 10.4. The average Bonchev–Trinajstić information content (AvgIpc) is 2.85. The maximum absolute atomic E-state index is 6.47. The van der Waals surface area contributed by atoms with Crippen molar-refractivity contribution >= 4 is 23.0 Å². The Kier molecular flexibility index (Phi) is 5.45. The highest BCUT2D eigenvalue weighted by Crippen LogP contribution is 2.35. The second kappa shape index (κ2) is 8.85. The number of nitrogen functional groups attached to an aromatic ring is 1. The first-order valence-electron chi connectivity index (χ1n) is 10.4. The lowest BCUT2D eigenvalue weighted by molar-refractivity contribution is 0.171. The standard InChI is InChI=1S/C25H23N5O2/c26-22-24(29-19-11-12-20-21(15-19)32-14-13-31-20)27-16-28-25(22)30-23(17-7-3-1-4-8-17)18-9-5-2-6-10-18/h1-12,15-16,23H,13-14,26H2,(H2,27,28,29,30). The van der Waals surface area contributed by atoms with Crippen molar-refractivity contribution < 1.29 is 9.47 Å². The third-order valence-corrected chi connectivity index (χ3v) is 5.24. The molecule has 4 N–H and O–H groups in total. The van der Waals surface area contributed by atoms with Crippen LogP contribution in [0.25, 0.3) is 0 Å². The molecule has 4 aromatic rings. The largest absolute Gasteiger partial charge is 0.486 e. The number of nitrogens with two attached hydrogens (primary N) is 1. The molecule has 5 rings (SSSR count). The lowest BCUT2D eigenvalue weighted by Crippen LogP contribution is -2.16. The summed E-state index contributed by atoms with van der Waals surface area (Å²) in [6.07, 6.45) is 1.49. The number of nitrogens with one attached hydrogen (secondary N) is 2. The summed E-state index contributed by atoms with van der Waals surface area (Å²) in [5, 5.41) is 6.76. The molecule has 0 radical (unpaired) electrons. The number of anilines is 4. The maximum atomic E-state index is 6.47. The van der Waals surface area contributed by atoms with Gasteiger partial charge in [-0.3, -0.25) is 0 Å². The molecule has 0 unspecified atom stereocenters. The van der Waals surface area contributed by atoms with Gasteiger partial charge in [0.1, 0.15) is 25.2 Å². The van der Waals surface area contributed by atoms with Gasteiger partial charge < -0.3 is 25.8 Å². The molecule has 0 atom stereocenters. The average molecular weight is 425 g/mol. The van der Waals surface area contributed by atoms with Gasteiger partial charge in [0.05, 0.1) is 6.04 Å². The van der Waals surface area contributed by atoms with E-state index < -0.39 is 0 Å². The van der Waals surface area contributed by atoms with Crippen molar-refractivity contribution in [1.29, 1.82) is 0 Å². The van der Waals surface area contributed by atoms with Gasteiger partial charge in [-0.25, -0.2) is 9.97 Å². The number of fused-ring (bicyclic) bond motifs is 1. The van der Waals surface area contributed by atoms with E-state index in [9.17, 15) is 0 Å². The van der Waals surface area contributed by atoms with Crippen molar-refractivity contribution in [3.05, 3.63) is 96.3 Å². The van der Waals surface area contributed by atoms with Crippen LogP contribution in [-0.4, -0.2) is 23.2 Å². The van der Waals surface area contributed by atoms with Crippen LogP contribution >= 0.6 is 0 Å². The Labute approximate surface area is 186 Å². The van der Waals surface area contributed by atoms with Gasteiger partial charge in [-0.2, -0.15) is 0 Å². The fraction of sp³-hybridized carbons (Fsp3) is 0.120. The molecule has 0 aliphatic carbocycles. The van der Waals surface area contributed by atoms with Gasteiger partial charge >= 0.3 is 0 Å². The van der Waals surface area contributed by atoms with E-state index in [1.807, 2.05) is 54.6 Å². The summed E-state index contributed by atoms with van der Waals surface area (Å²) in [5.74, 6) is 2.49. The predicted molar refractivity (Wildman–Crippen MR) is 126 cm³/mol. The van der Waals surface area contributed by atoms with Crippen molar-refractivity contribution in [2.75, 3.05) is 29.6 Å². The van der Waals surface area contributed by atoms with E-state index in [0.29, 0.717) is 36.3 Å². The number of rotatable bonds is 6. The van der Waals surface area contributed by atoms with Gasteiger partial charge in [-0.15, -0.1) is 0 Å². The summed E-state index contributed by atoms with van der Waals surface area (Å²) in [6.45, 7) is 1.08. The third-order valence-electron chi connectivity index (χ3n) is 5.24. The fourth-order valence-corrected chi connectivity index (χ4v) is 3.65. The second-order valence-corrected chi connectivity index (χ2v) is 7.37. The lowest BCUT2D eigenvalue weighted by atomic mass is 9.99. The molecule has 0 fully saturated rings. The van der Waals surface area contributed by atoms with E-state index in [4.69, 9.17) is 15.2 Å². The van der Waals surface area contributed by atoms with Gasteiger partial charge in [-0.05, 0) is 23.3 Å². The fourth-order valence-electron chi connectivity index (χ4n) is 3.65. The minimum Gasteiger partial charge on any atom is -0.486 e. The van der Waals surface area contributed by atoms with Gasteiger partial charge in [0, 0.05) is 11.8 Å². The third kappa shape index (κ3) is 4.13. The van der Waals surface area contributed by atoms with Gasteiger partial charge in [0.25, 0.3) is 0 Å². The smallest absolute Gasteiger partial charge is 0.163 e. The normalized spacial score (nSPS) is 12.4. The Bertz CT molecular complexity index is 1160. The Hall–Kier alpha value is -4.26. The summed E-state index contributed by atoms with van der Waals surface area (Å²) in [6, 6.07) is 25.9. The van der Waals surface area contributed by atoms with E-state index >= 15 is 0 Å². The SMILES string of the molecule is Nc1c(Nc2ccc3c(c2)OCCO3)ncnc1NC(c1ccccc1)c1ccccc1. The molecule has 1 aromatic heterocycles. The summed E-state index contributed by atoms with van der Waals surface area (Å²) >= 11 is 0. The van der Waals surface area contributed by atoms with Crippen molar-refractivity contribution in [1.82, 2.24) is 9.97 Å². The highest BCUT2D eigenvalue weighted by Gasteiger charge is 2.18. The molecule has 0 spiro atoms. The zero-order valence-electron chi connectivity index (χ0n) is 17.4. The van der Waals surface area contributed by atoms with E-state index in [-0.39, 0.29) is 6.04 Å². The highest BCUT2D eigenvalue weighted by molar-refractivity contribution is 5.78. The number of aromatic nitrogens is 2. The molecular weight excluding hydrogens is 402 g/mol. The summed E-state index contributed by atoms with van der Waals surface area (Å²) in [7, 11) is 0. The molecule has 1 aliphatic heterocycles. The Morgan fingerprint density at radius 1 is 0.750 bits per heavy atom. The predicted octanol–water partition coefficient (Wildman–Crippen LogP) is 4.78. The quantitative estimate of drug-likeness (QED) is 0.409. The molecule has 0 saturated heterocycles. The van der Waals surface area contributed by atoms with Gasteiger partial charge in [0.2, 0.25) is 0 Å². The monoisotopic (exact) mass is 425 g/mol. The van der Waals surface area contributed by atoms with Crippen LogP contribution in [0.3, 0.4) is 0 Å². The van der Waals surface area contributed by atoms with Crippen molar-refractivity contribution in [2.24, 2.45) is 0 Å². The van der Waals surface area contributed by atoms with E-state index in [0.717, 1.165) is 22.6 Å². The van der Waals surface area contributed by atoms with Crippen molar-refractivity contribution in [3.8, 4) is 11.5 Å². The number of nitrogens with zero attached hydrogens (tertiary/aromatic N) is 2. The molecule has 3 aromatic carbocycles. The van der Waals surface area contributed by atoms with Crippen LogP contribution in [-0.2, 0) is 0 Å². The zero-order valence-corrected chi connectivity index (χ0v) is 17.4. The topological polar surface area (TPSA) is 94.3 Å². The molecule has 2 heterocycles. The number of ether oxygens (including phenoxy) is 2. The van der Waals surface area contributed by atoms with Gasteiger partial charge in [0.15, 0.2) is 23.1 Å².